The number of piperazine rings is 1. The second kappa shape index (κ2) is 13.2. The fourth-order valence-electron chi connectivity index (χ4n) is 6.41. The zero-order valence-electron chi connectivity index (χ0n) is 23.6. The maximum atomic E-state index is 13.1. The molecule has 0 radical (unpaired) electrons. The number of allylic oxidation sites excluding steroid dienone is 1. The summed E-state index contributed by atoms with van der Waals surface area (Å²) in [6.45, 7) is 5.28. The van der Waals surface area contributed by atoms with Crippen LogP contribution in [0.4, 0.5) is 5.95 Å². The van der Waals surface area contributed by atoms with Gasteiger partial charge in [-0.05, 0) is 79.5 Å². The van der Waals surface area contributed by atoms with Crippen LogP contribution < -0.4 is 9.64 Å². The summed E-state index contributed by atoms with van der Waals surface area (Å²) in [6, 6.07) is 10.3. The number of carbonyl (C=O) groups excluding carboxylic acids is 1. The molecule has 208 valence electrons. The number of carbonyl (C=O) groups is 1. The molecule has 3 aliphatic rings. The molecule has 1 aromatic carbocycles. The number of dihydropyridines is 1. The van der Waals surface area contributed by atoms with Crippen molar-refractivity contribution in [2.75, 3.05) is 38.2 Å². The molecular weight excluding hydrogens is 486 g/mol. The zero-order valence-corrected chi connectivity index (χ0v) is 23.6. The number of aliphatic imine (C=N–C) groups is 1. The molecule has 1 saturated heterocycles. The first-order chi connectivity index (χ1) is 19.2. The predicted molar refractivity (Wildman–Crippen MR) is 156 cm³/mol. The number of amides is 1. The summed E-state index contributed by atoms with van der Waals surface area (Å²) >= 11 is 0. The van der Waals surface area contributed by atoms with Crippen LogP contribution in [0.1, 0.15) is 70.3 Å². The van der Waals surface area contributed by atoms with Gasteiger partial charge in [0.05, 0.1) is 13.2 Å². The summed E-state index contributed by atoms with van der Waals surface area (Å²) in [7, 11) is 1.70. The highest BCUT2D eigenvalue weighted by Crippen LogP contribution is 2.38. The van der Waals surface area contributed by atoms with Crippen LogP contribution in [0.3, 0.4) is 0 Å². The fraction of sp³-hybridized carbons (Fsp3) is 0.562. The van der Waals surface area contributed by atoms with E-state index in [1.54, 1.807) is 25.1 Å². The zero-order chi connectivity index (χ0) is 27.0. The van der Waals surface area contributed by atoms with Crippen molar-refractivity contribution in [2.24, 2.45) is 16.8 Å². The van der Waals surface area contributed by atoms with Crippen LogP contribution >= 0.6 is 0 Å². The standard InChI is InChI=1S/C32H43N5O2/c1-3-24-23-28(25-9-5-4-6-10-25)29(35-31(24)26-13-15-27(39-2)16-14-26)11-7-12-30(38)36-19-21-37(22-20-36)32-33-17-8-18-34-32/h8,13-18,23-25,29H,3-7,9-12,19-22H2,1-2H3. The van der Waals surface area contributed by atoms with Crippen molar-refractivity contribution in [3.63, 3.8) is 0 Å². The average Bonchev–Trinajstić information content (AvgIpc) is 3.01. The number of benzene rings is 1. The summed E-state index contributed by atoms with van der Waals surface area (Å²) in [4.78, 5) is 31.4. The van der Waals surface area contributed by atoms with E-state index in [4.69, 9.17) is 9.73 Å². The molecule has 7 heteroatoms. The lowest BCUT2D eigenvalue weighted by molar-refractivity contribution is -0.131. The molecule has 2 aromatic rings. The highest BCUT2D eigenvalue weighted by molar-refractivity contribution is 6.04. The van der Waals surface area contributed by atoms with Crippen molar-refractivity contribution in [1.29, 1.82) is 0 Å². The number of anilines is 1. The third-order valence-electron chi connectivity index (χ3n) is 8.66. The first-order valence-electron chi connectivity index (χ1n) is 14.9. The second-order valence-corrected chi connectivity index (χ2v) is 11.1. The van der Waals surface area contributed by atoms with Crippen LogP contribution in [0.25, 0.3) is 0 Å². The highest BCUT2D eigenvalue weighted by atomic mass is 16.5. The number of methoxy groups -OCH3 is 1. The van der Waals surface area contributed by atoms with E-state index in [9.17, 15) is 4.79 Å². The van der Waals surface area contributed by atoms with E-state index in [0.29, 0.717) is 18.3 Å². The molecule has 39 heavy (non-hydrogen) atoms. The van der Waals surface area contributed by atoms with Crippen LogP contribution in [-0.4, -0.2) is 65.8 Å². The Morgan fingerprint density at radius 3 is 2.38 bits per heavy atom. The van der Waals surface area contributed by atoms with Gasteiger partial charge >= 0.3 is 0 Å². The Morgan fingerprint density at radius 1 is 1.00 bits per heavy atom. The van der Waals surface area contributed by atoms with Gasteiger partial charge in [-0.1, -0.05) is 32.3 Å². The molecule has 0 bridgehead atoms. The predicted octanol–water partition coefficient (Wildman–Crippen LogP) is 5.71. The molecule has 1 aliphatic carbocycles. The van der Waals surface area contributed by atoms with E-state index in [2.05, 4.69) is 40.0 Å². The average molecular weight is 530 g/mol. The van der Waals surface area contributed by atoms with Gasteiger partial charge in [-0.3, -0.25) is 9.79 Å². The molecule has 2 atom stereocenters. The summed E-state index contributed by atoms with van der Waals surface area (Å²) < 4.78 is 5.38. The highest BCUT2D eigenvalue weighted by Gasteiger charge is 2.31. The molecule has 2 aliphatic heterocycles. The minimum absolute atomic E-state index is 0.174. The second-order valence-electron chi connectivity index (χ2n) is 11.1. The van der Waals surface area contributed by atoms with Gasteiger partial charge < -0.3 is 14.5 Å². The largest absolute Gasteiger partial charge is 0.497 e. The normalized spacial score (nSPS) is 22.3. The Bertz CT molecular complexity index is 1130. The van der Waals surface area contributed by atoms with Crippen molar-refractivity contribution in [3.8, 4) is 5.75 Å². The van der Waals surface area contributed by atoms with E-state index in [1.807, 2.05) is 23.1 Å². The molecule has 2 fully saturated rings. The van der Waals surface area contributed by atoms with E-state index >= 15 is 0 Å². The third-order valence-corrected chi connectivity index (χ3v) is 8.66. The van der Waals surface area contributed by atoms with Crippen LogP contribution in [0.15, 0.2) is 59.4 Å². The summed E-state index contributed by atoms with van der Waals surface area (Å²) in [6.07, 6.45) is 16.1. The van der Waals surface area contributed by atoms with Crippen molar-refractivity contribution in [1.82, 2.24) is 14.9 Å². The Balaban J connectivity index is 1.23. The van der Waals surface area contributed by atoms with Gasteiger partial charge in [0.15, 0.2) is 0 Å². The Hall–Kier alpha value is -3.22. The number of aromatic nitrogens is 2. The van der Waals surface area contributed by atoms with Crippen molar-refractivity contribution in [3.05, 3.63) is 59.9 Å². The Kier molecular flexibility index (Phi) is 9.27. The molecule has 1 amide bonds. The lowest BCUT2D eigenvalue weighted by atomic mass is 9.76. The van der Waals surface area contributed by atoms with Gasteiger partial charge in [0.25, 0.3) is 0 Å². The smallest absolute Gasteiger partial charge is 0.225 e. The molecule has 0 N–H and O–H groups in total. The number of hydrogen-bond donors (Lipinski definition) is 0. The lowest BCUT2D eigenvalue weighted by Gasteiger charge is -2.35. The molecular formula is C32H43N5O2. The van der Waals surface area contributed by atoms with Crippen LogP contribution in [0, 0.1) is 11.8 Å². The maximum Gasteiger partial charge on any atom is 0.225 e. The van der Waals surface area contributed by atoms with E-state index < -0.39 is 0 Å². The summed E-state index contributed by atoms with van der Waals surface area (Å²) in [5.41, 5.74) is 3.92. The molecule has 2 unspecified atom stereocenters. The lowest BCUT2D eigenvalue weighted by Crippen LogP contribution is -2.49. The van der Waals surface area contributed by atoms with E-state index in [-0.39, 0.29) is 11.9 Å². The molecule has 1 aromatic heterocycles. The SMILES string of the molecule is CCC1C=C(C2CCCCC2)C(CCCC(=O)N2CCN(c3ncccn3)CC2)N=C1c1ccc(OC)cc1. The van der Waals surface area contributed by atoms with E-state index in [1.165, 1.54) is 43.4 Å². The minimum Gasteiger partial charge on any atom is -0.497 e. The first kappa shape index (κ1) is 27.4. The van der Waals surface area contributed by atoms with Crippen molar-refractivity contribution < 1.29 is 9.53 Å². The topological polar surface area (TPSA) is 70.9 Å². The van der Waals surface area contributed by atoms with Crippen molar-refractivity contribution >= 4 is 17.6 Å². The molecule has 5 rings (SSSR count). The quantitative estimate of drug-likeness (QED) is 0.389. The minimum atomic E-state index is 0.174. The van der Waals surface area contributed by atoms with Gasteiger partial charge in [0, 0.05) is 56.6 Å². The Morgan fingerprint density at radius 2 is 1.72 bits per heavy atom. The number of hydrogen-bond acceptors (Lipinski definition) is 6. The van der Waals surface area contributed by atoms with Crippen LogP contribution in [0.2, 0.25) is 0 Å². The molecule has 7 nitrogen and oxygen atoms in total. The molecule has 1 saturated carbocycles. The summed E-state index contributed by atoms with van der Waals surface area (Å²) in [5, 5.41) is 0. The van der Waals surface area contributed by atoms with Gasteiger partial charge in [0.1, 0.15) is 5.75 Å². The fourth-order valence-corrected chi connectivity index (χ4v) is 6.41. The maximum absolute atomic E-state index is 13.1. The monoisotopic (exact) mass is 529 g/mol. The van der Waals surface area contributed by atoms with Gasteiger partial charge in [-0.25, -0.2) is 9.97 Å². The third kappa shape index (κ3) is 6.68. The summed E-state index contributed by atoms with van der Waals surface area (Å²) in [5.74, 6) is 2.86. The first-order valence-corrected chi connectivity index (χ1v) is 14.9. The van der Waals surface area contributed by atoms with Gasteiger partial charge in [0.2, 0.25) is 11.9 Å². The number of nitrogens with zero attached hydrogens (tertiary/aromatic N) is 5. The van der Waals surface area contributed by atoms with Crippen molar-refractivity contribution in [2.45, 2.75) is 70.8 Å². The van der Waals surface area contributed by atoms with Gasteiger partial charge in [-0.15, -0.1) is 0 Å². The van der Waals surface area contributed by atoms with Crippen LogP contribution in [-0.2, 0) is 4.79 Å². The Labute approximate surface area is 233 Å². The van der Waals surface area contributed by atoms with Gasteiger partial charge in [-0.2, -0.15) is 0 Å². The molecule has 0 spiro atoms. The number of ether oxygens (including phenoxy) is 1. The number of rotatable bonds is 9. The van der Waals surface area contributed by atoms with E-state index in [0.717, 1.165) is 57.1 Å². The molecule has 3 heterocycles. The van der Waals surface area contributed by atoms with Crippen LogP contribution in [0.5, 0.6) is 5.75 Å².